The number of hydrogen-bond acceptors (Lipinski definition) is 11. The van der Waals surface area contributed by atoms with Crippen molar-refractivity contribution in [3.8, 4) is 0 Å². The first-order valence-corrected chi connectivity index (χ1v) is 13.0. The molecule has 0 saturated carbocycles. The summed E-state index contributed by atoms with van der Waals surface area (Å²) < 4.78 is 16.2. The second-order valence-electron chi connectivity index (χ2n) is 8.32. The Hall–Kier alpha value is -3.75. The summed E-state index contributed by atoms with van der Waals surface area (Å²) in [5.41, 5.74) is 0.675. The molecule has 4 rings (SSSR count). The van der Waals surface area contributed by atoms with Crippen molar-refractivity contribution in [2.75, 3.05) is 13.7 Å². The predicted octanol–water partition coefficient (Wildman–Crippen LogP) is 2.13. The number of fused-ring (bicyclic) bond motifs is 1. The lowest BCUT2D eigenvalue weighted by Gasteiger charge is -2.58. The number of carbonyl (C=O) groups excluding carboxylic acids is 4. The van der Waals surface area contributed by atoms with Crippen LogP contribution in [0.3, 0.4) is 0 Å². The fraction of sp³-hybridized carbons (Fsp3) is 0.333. The SMILES string of the molecule is CO[C@]12SC=C(COC(C)=O)C(C(=O)OCc3ccc([N+](=O)[O-])cc3)N1C(=O)C2NC(=O)Cc1cccs1. The van der Waals surface area contributed by atoms with Crippen molar-refractivity contribution in [3.05, 3.63) is 73.3 Å². The molecule has 1 fully saturated rings. The number of non-ortho nitro benzene ring substituents is 1. The number of nitrogens with one attached hydrogen (secondary N) is 1. The van der Waals surface area contributed by atoms with E-state index in [-0.39, 0.29) is 31.2 Å². The van der Waals surface area contributed by atoms with Gasteiger partial charge < -0.3 is 19.5 Å². The maximum Gasteiger partial charge on any atom is 0.333 e. The lowest BCUT2D eigenvalue weighted by atomic mass is 9.95. The van der Waals surface area contributed by atoms with Crippen LogP contribution in [-0.4, -0.2) is 64.4 Å². The molecule has 12 nitrogen and oxygen atoms in total. The maximum atomic E-state index is 13.3. The Bertz CT molecular complexity index is 1280. The molecule has 0 aliphatic carbocycles. The number of rotatable bonds is 10. The van der Waals surface area contributed by atoms with Gasteiger partial charge in [0.2, 0.25) is 11.0 Å². The normalized spacial score (nSPS) is 22.0. The van der Waals surface area contributed by atoms with Crippen LogP contribution < -0.4 is 5.32 Å². The Morgan fingerprint density at radius 1 is 1.16 bits per heavy atom. The van der Waals surface area contributed by atoms with E-state index in [0.29, 0.717) is 11.1 Å². The Labute approximate surface area is 225 Å². The number of β-lactam (4-membered cyclic amide) rings is 1. The number of benzene rings is 1. The molecule has 1 N–H and O–H groups in total. The van der Waals surface area contributed by atoms with E-state index in [9.17, 15) is 29.3 Å². The van der Waals surface area contributed by atoms with Crippen LogP contribution in [0, 0.1) is 10.1 Å². The average Bonchev–Trinajstić information content (AvgIpc) is 3.41. The number of nitrogens with zero attached hydrogens (tertiary/aromatic N) is 2. The van der Waals surface area contributed by atoms with Gasteiger partial charge in [-0.1, -0.05) is 17.8 Å². The third-order valence-electron chi connectivity index (χ3n) is 5.88. The minimum atomic E-state index is -1.42. The molecule has 0 radical (unpaired) electrons. The van der Waals surface area contributed by atoms with Crippen molar-refractivity contribution in [2.24, 2.45) is 0 Å². The number of esters is 2. The van der Waals surface area contributed by atoms with Crippen molar-refractivity contribution in [2.45, 2.75) is 37.1 Å². The third kappa shape index (κ3) is 5.42. The summed E-state index contributed by atoms with van der Waals surface area (Å²) in [6, 6.07) is 6.74. The van der Waals surface area contributed by atoms with Gasteiger partial charge in [-0.25, -0.2) is 4.79 Å². The largest absolute Gasteiger partial charge is 0.461 e. The van der Waals surface area contributed by atoms with Gasteiger partial charge in [0, 0.05) is 36.6 Å². The van der Waals surface area contributed by atoms with E-state index in [2.05, 4.69) is 5.32 Å². The second kappa shape index (κ2) is 11.3. The van der Waals surface area contributed by atoms with Crippen molar-refractivity contribution < 1.29 is 38.3 Å². The van der Waals surface area contributed by atoms with Gasteiger partial charge in [-0.3, -0.25) is 29.4 Å². The van der Waals surface area contributed by atoms with Crippen molar-refractivity contribution >= 4 is 52.5 Å². The molecule has 0 bridgehead atoms. The molecule has 2 aliphatic rings. The molecule has 3 atom stereocenters. The van der Waals surface area contributed by atoms with Crippen molar-refractivity contribution in [1.29, 1.82) is 0 Å². The van der Waals surface area contributed by atoms with Crippen LogP contribution in [0.15, 0.2) is 52.8 Å². The van der Waals surface area contributed by atoms with E-state index >= 15 is 0 Å². The summed E-state index contributed by atoms with van der Waals surface area (Å²) in [5, 5.41) is 15.6. The smallest absolute Gasteiger partial charge is 0.333 e. The van der Waals surface area contributed by atoms with Gasteiger partial charge in [0.25, 0.3) is 11.6 Å². The van der Waals surface area contributed by atoms with Gasteiger partial charge in [0.05, 0.1) is 11.3 Å². The molecular formula is C24H23N3O9S2. The fourth-order valence-corrected chi connectivity index (χ4v) is 5.97. The Kier molecular flexibility index (Phi) is 8.14. The highest BCUT2D eigenvalue weighted by atomic mass is 32.2. The van der Waals surface area contributed by atoms with Crippen LogP contribution in [0.1, 0.15) is 17.4 Å². The molecule has 200 valence electrons. The van der Waals surface area contributed by atoms with Gasteiger partial charge in [-0.15, -0.1) is 11.3 Å². The first-order valence-electron chi connectivity index (χ1n) is 11.3. The topological polar surface area (TPSA) is 154 Å². The van der Waals surface area contributed by atoms with Crippen LogP contribution in [0.5, 0.6) is 0 Å². The Morgan fingerprint density at radius 3 is 2.50 bits per heavy atom. The summed E-state index contributed by atoms with van der Waals surface area (Å²) in [4.78, 5) is 62.9. The van der Waals surface area contributed by atoms with Crippen LogP contribution in [0.4, 0.5) is 5.69 Å². The van der Waals surface area contributed by atoms with Crippen LogP contribution >= 0.6 is 23.1 Å². The summed E-state index contributed by atoms with van der Waals surface area (Å²) in [5.74, 6) is -2.34. The number of methoxy groups -OCH3 is 1. The number of nitro groups is 1. The van der Waals surface area contributed by atoms with E-state index in [4.69, 9.17) is 14.2 Å². The zero-order valence-electron chi connectivity index (χ0n) is 20.3. The lowest BCUT2D eigenvalue weighted by Crippen LogP contribution is -2.82. The number of thiophene rings is 1. The molecule has 14 heteroatoms. The molecule has 3 heterocycles. The minimum absolute atomic E-state index is 0.0835. The summed E-state index contributed by atoms with van der Waals surface area (Å²) in [6.07, 6.45) is 0.0835. The number of thioether (sulfide) groups is 1. The standard InChI is InChI=1S/C24H23N3O9S2/c1-14(28)35-12-16-13-38-24(34-2)21(25-19(29)10-18-4-3-9-37-18)22(30)26(24)20(16)23(31)36-11-15-5-7-17(8-6-15)27(32)33/h3-9,13,20-21H,10-12H2,1-2H3,(H,25,29)/t20?,21?,24-/m1/s1. The third-order valence-corrected chi connectivity index (χ3v) is 8.11. The van der Waals surface area contributed by atoms with Crippen LogP contribution in [-0.2, 0) is 46.4 Å². The molecule has 2 unspecified atom stereocenters. The first kappa shape index (κ1) is 27.3. The molecule has 38 heavy (non-hydrogen) atoms. The molecule has 0 spiro atoms. The van der Waals surface area contributed by atoms with Crippen molar-refractivity contribution in [3.63, 3.8) is 0 Å². The van der Waals surface area contributed by atoms with E-state index in [1.807, 2.05) is 17.5 Å². The molecule has 1 saturated heterocycles. The zero-order chi connectivity index (χ0) is 27.4. The van der Waals surface area contributed by atoms with E-state index < -0.39 is 39.9 Å². The number of nitro benzene ring substituents is 1. The quantitative estimate of drug-likeness (QED) is 0.197. The molecule has 1 aromatic heterocycles. The minimum Gasteiger partial charge on any atom is -0.461 e. The van der Waals surface area contributed by atoms with E-state index in [1.54, 1.807) is 5.41 Å². The van der Waals surface area contributed by atoms with E-state index in [0.717, 1.165) is 16.6 Å². The number of hydrogen-bond donors (Lipinski definition) is 1. The van der Waals surface area contributed by atoms with E-state index in [1.165, 1.54) is 54.5 Å². The summed E-state index contributed by atoms with van der Waals surface area (Å²) in [6.45, 7) is 0.731. The Morgan fingerprint density at radius 2 is 1.89 bits per heavy atom. The molecule has 1 aromatic carbocycles. The number of carbonyl (C=O) groups is 4. The van der Waals surface area contributed by atoms with Crippen LogP contribution in [0.25, 0.3) is 0 Å². The van der Waals surface area contributed by atoms with Gasteiger partial charge in [0.15, 0.2) is 12.1 Å². The lowest BCUT2D eigenvalue weighted by molar-refractivity contribution is -0.384. The summed E-state index contributed by atoms with van der Waals surface area (Å²) >= 11 is 2.48. The molecule has 2 aliphatic heterocycles. The van der Waals surface area contributed by atoms with Gasteiger partial charge in [-0.2, -0.15) is 0 Å². The molecular weight excluding hydrogens is 538 g/mol. The highest BCUT2D eigenvalue weighted by Crippen LogP contribution is 2.50. The Balaban J connectivity index is 1.53. The van der Waals surface area contributed by atoms with Crippen LogP contribution in [0.2, 0.25) is 0 Å². The predicted molar refractivity (Wildman–Crippen MR) is 136 cm³/mol. The van der Waals surface area contributed by atoms with Gasteiger partial charge in [-0.05, 0) is 34.6 Å². The number of amides is 2. The zero-order valence-corrected chi connectivity index (χ0v) is 21.9. The average molecular weight is 562 g/mol. The van der Waals surface area contributed by atoms with Gasteiger partial charge in [0.1, 0.15) is 13.2 Å². The maximum absolute atomic E-state index is 13.3. The molecule has 2 aromatic rings. The highest BCUT2D eigenvalue weighted by Gasteiger charge is 2.68. The first-order chi connectivity index (χ1) is 18.2. The fourth-order valence-electron chi connectivity index (χ4n) is 4.05. The van der Waals surface area contributed by atoms with Gasteiger partial charge >= 0.3 is 11.9 Å². The highest BCUT2D eigenvalue weighted by molar-refractivity contribution is 8.03. The monoisotopic (exact) mass is 561 g/mol. The summed E-state index contributed by atoms with van der Waals surface area (Å²) in [7, 11) is 1.36. The second-order valence-corrected chi connectivity index (χ2v) is 10.4. The number of ether oxygens (including phenoxy) is 3. The van der Waals surface area contributed by atoms with Crippen molar-refractivity contribution in [1.82, 2.24) is 10.2 Å². The molecule has 2 amide bonds.